The van der Waals surface area contributed by atoms with Crippen molar-refractivity contribution in [3.63, 3.8) is 0 Å². The molecule has 111 heavy (non-hydrogen) atoms. The summed E-state index contributed by atoms with van der Waals surface area (Å²) in [5.41, 5.74) is 0. The molecular weight excluding hydrogens is 1430 g/mol. The first-order valence-electron chi connectivity index (χ1n) is 44.8. The Morgan fingerprint density at radius 3 is 0.757 bits per heavy atom. The van der Waals surface area contributed by atoms with Gasteiger partial charge >= 0.3 is 33.6 Å². The first-order chi connectivity index (χ1) is 54.2. The average molecular weight is 1600 g/mol. The molecule has 0 radical (unpaired) electrons. The van der Waals surface area contributed by atoms with Gasteiger partial charge in [0, 0.05) is 19.3 Å². The van der Waals surface area contributed by atoms with Gasteiger partial charge in [0.15, 0.2) is 6.10 Å². The van der Waals surface area contributed by atoms with Gasteiger partial charge in [-0.1, -0.05) is 386 Å². The minimum atomic E-state index is -4.93. The second-order valence-corrected chi connectivity index (χ2v) is 32.9. The van der Waals surface area contributed by atoms with Crippen LogP contribution in [0, 0.1) is 0 Å². The molecule has 0 aliphatic rings. The molecule has 0 saturated carbocycles. The Hall–Kier alpha value is -4.05. The molecule has 0 aromatic rings. The highest BCUT2D eigenvalue weighted by Crippen LogP contribution is 2.45. The molecule has 4 N–H and O–H groups in total. The van der Waals surface area contributed by atoms with E-state index in [1.807, 2.05) is 0 Å². The molecule has 16 nitrogen and oxygen atoms in total. The lowest BCUT2D eigenvalue weighted by Crippen LogP contribution is -2.30. The summed E-state index contributed by atoms with van der Waals surface area (Å²) in [5.74, 6) is -1.55. The normalized spacial score (nSPS) is 14.4. The maximum atomic E-state index is 13.0. The standard InChI is InChI=1S/C93H164O16P2/c1-4-7-10-13-16-19-22-25-27-29-31-33-35-37-39-41-42-43-44-46-48-49-51-53-55-57-59-62-64-67-70-73-76-79-91(96)103-82-88(94)83-105-110(99,100)106-84-89(95)85-107-111(101,102)108-87-90(109-93(98)81-78-75-72-69-66-61-24-21-18-15-12-9-6-3)86-104-92(97)80-77-74-71-68-65-63-60-58-56-54-52-50-47-45-40-38-36-34-32-30-28-26-23-20-17-14-11-8-5-2/h7-8,10-11,16-17,19-20,25-28,31-34,37-40,88-90,94-95H,4-6,9,12-15,18,21-24,29-30,35-36,41-87H2,1-3H3,(H,99,100)(H,101,102)/b10-7-,11-8-,19-16-,20-17-,27-25-,28-26-,33-31-,34-32-,39-37-,40-38-. The number of phosphoric acid groups is 2. The molecule has 0 heterocycles. The Morgan fingerprint density at radius 1 is 0.261 bits per heavy atom. The predicted molar refractivity (Wildman–Crippen MR) is 463 cm³/mol. The summed E-state index contributed by atoms with van der Waals surface area (Å²) in [6.07, 6.45) is 104. The number of allylic oxidation sites excluding steroid dienone is 20. The van der Waals surface area contributed by atoms with Crippen LogP contribution >= 0.6 is 15.6 Å². The van der Waals surface area contributed by atoms with Gasteiger partial charge < -0.3 is 34.2 Å². The van der Waals surface area contributed by atoms with Crippen molar-refractivity contribution in [2.75, 3.05) is 39.6 Å². The maximum absolute atomic E-state index is 13.0. The number of phosphoric ester groups is 2. The molecule has 0 aromatic heterocycles. The van der Waals surface area contributed by atoms with Crippen molar-refractivity contribution < 1.29 is 75.8 Å². The maximum Gasteiger partial charge on any atom is 0.472 e. The van der Waals surface area contributed by atoms with Gasteiger partial charge in [0.2, 0.25) is 0 Å². The van der Waals surface area contributed by atoms with Crippen LogP contribution in [0.5, 0.6) is 0 Å². The van der Waals surface area contributed by atoms with Crippen LogP contribution in [0.3, 0.4) is 0 Å². The van der Waals surface area contributed by atoms with Crippen molar-refractivity contribution in [1.82, 2.24) is 0 Å². The molecule has 0 rings (SSSR count). The minimum absolute atomic E-state index is 0.108. The van der Waals surface area contributed by atoms with E-state index in [1.54, 1.807) is 0 Å². The highest BCUT2D eigenvalue weighted by molar-refractivity contribution is 7.47. The van der Waals surface area contributed by atoms with Crippen LogP contribution in [0.25, 0.3) is 0 Å². The molecular formula is C93H164O16P2. The smallest absolute Gasteiger partial charge is 0.463 e. The summed E-state index contributed by atoms with van der Waals surface area (Å²) < 4.78 is 61.3. The molecule has 0 bridgehead atoms. The number of hydrogen-bond acceptors (Lipinski definition) is 14. The fraction of sp³-hybridized carbons (Fsp3) is 0.753. The average Bonchev–Trinajstić information content (AvgIpc) is 0.978. The van der Waals surface area contributed by atoms with Gasteiger partial charge in [-0.15, -0.1) is 0 Å². The van der Waals surface area contributed by atoms with Crippen molar-refractivity contribution in [2.24, 2.45) is 0 Å². The quantitative estimate of drug-likeness (QED) is 0.0146. The summed E-state index contributed by atoms with van der Waals surface area (Å²) in [7, 11) is -9.79. The topological polar surface area (TPSA) is 231 Å². The lowest BCUT2D eigenvalue weighted by Gasteiger charge is -2.21. The van der Waals surface area contributed by atoms with Crippen molar-refractivity contribution in [3.8, 4) is 0 Å². The van der Waals surface area contributed by atoms with Crippen molar-refractivity contribution in [3.05, 3.63) is 122 Å². The van der Waals surface area contributed by atoms with Crippen LogP contribution in [0.2, 0.25) is 0 Å². The highest BCUT2D eigenvalue weighted by Gasteiger charge is 2.29. The van der Waals surface area contributed by atoms with E-state index in [9.17, 15) is 43.5 Å². The SMILES string of the molecule is CC/C=C\C/C=C\C/C=C\C/C=C\C/C=C\CCCCCCCCCCCCCCCCCCCC(=O)OCC(O)COP(=O)(O)OCC(O)COP(=O)(O)OCC(COC(=O)CCCCCCCCCCCCCCC/C=C\C/C=C\C/C=C\C/C=C\C/C=C\CC)OC(=O)CCCCCCCCCCCCCCC. The second kappa shape index (κ2) is 85.3. The lowest BCUT2D eigenvalue weighted by molar-refractivity contribution is -0.161. The molecule has 0 aromatic carbocycles. The van der Waals surface area contributed by atoms with Crippen LogP contribution in [0.1, 0.15) is 393 Å². The van der Waals surface area contributed by atoms with E-state index in [0.29, 0.717) is 19.3 Å². The van der Waals surface area contributed by atoms with Crippen LogP contribution in [-0.2, 0) is 55.8 Å². The molecule has 18 heteroatoms. The number of hydrogen-bond donors (Lipinski definition) is 4. The van der Waals surface area contributed by atoms with Crippen LogP contribution < -0.4 is 0 Å². The number of rotatable bonds is 85. The zero-order chi connectivity index (χ0) is 80.8. The molecule has 0 saturated heterocycles. The number of carbonyl (C=O) groups excluding carboxylic acids is 3. The third kappa shape index (κ3) is 86.6. The first-order valence-corrected chi connectivity index (χ1v) is 47.8. The van der Waals surface area contributed by atoms with E-state index < -0.39 is 91.5 Å². The van der Waals surface area contributed by atoms with E-state index in [0.717, 1.165) is 135 Å². The van der Waals surface area contributed by atoms with Gasteiger partial charge in [-0.2, -0.15) is 0 Å². The van der Waals surface area contributed by atoms with Gasteiger partial charge in [0.1, 0.15) is 25.4 Å². The molecule has 642 valence electrons. The third-order valence-corrected chi connectivity index (χ3v) is 21.1. The zero-order valence-electron chi connectivity index (χ0n) is 70.6. The molecule has 5 atom stereocenters. The fourth-order valence-electron chi connectivity index (χ4n) is 12.5. The van der Waals surface area contributed by atoms with E-state index in [4.69, 9.17) is 32.3 Å². The molecule has 0 spiro atoms. The molecule has 0 aliphatic heterocycles. The van der Waals surface area contributed by atoms with Crippen molar-refractivity contribution in [1.29, 1.82) is 0 Å². The number of unbranched alkanes of at least 4 members (excludes halogenated alkanes) is 42. The molecule has 0 aliphatic carbocycles. The summed E-state index contributed by atoms with van der Waals surface area (Å²) in [5, 5.41) is 20.7. The van der Waals surface area contributed by atoms with E-state index >= 15 is 0 Å². The van der Waals surface area contributed by atoms with Crippen molar-refractivity contribution >= 4 is 33.6 Å². The Balaban J connectivity index is 4.39. The Labute approximate surface area is 678 Å². The molecule has 5 unspecified atom stereocenters. The predicted octanol–water partition coefficient (Wildman–Crippen LogP) is 27.2. The van der Waals surface area contributed by atoms with Gasteiger partial charge in [0.25, 0.3) is 0 Å². The number of aliphatic hydroxyl groups excluding tert-OH is 2. The van der Waals surface area contributed by atoms with E-state index in [-0.39, 0.29) is 19.3 Å². The summed E-state index contributed by atoms with van der Waals surface area (Å²) in [6.45, 7) is 2.52. The number of aliphatic hydroxyl groups is 2. The monoisotopic (exact) mass is 1600 g/mol. The van der Waals surface area contributed by atoms with E-state index in [2.05, 4.69) is 142 Å². The summed E-state index contributed by atoms with van der Waals surface area (Å²) >= 11 is 0. The zero-order valence-corrected chi connectivity index (χ0v) is 72.4. The number of carbonyl (C=O) groups is 3. The Morgan fingerprint density at radius 2 is 0.477 bits per heavy atom. The highest BCUT2D eigenvalue weighted by atomic mass is 31.2. The Kier molecular flexibility index (Phi) is 82.2. The third-order valence-electron chi connectivity index (χ3n) is 19.2. The number of ether oxygens (including phenoxy) is 3. The van der Waals surface area contributed by atoms with Crippen LogP contribution in [0.4, 0.5) is 0 Å². The molecule has 0 amide bonds. The number of esters is 3. The summed E-state index contributed by atoms with van der Waals surface area (Å²) in [4.78, 5) is 58.8. The van der Waals surface area contributed by atoms with Crippen LogP contribution in [-0.4, -0.2) is 95.9 Å². The summed E-state index contributed by atoms with van der Waals surface area (Å²) in [6, 6.07) is 0. The lowest BCUT2D eigenvalue weighted by atomic mass is 10.0. The van der Waals surface area contributed by atoms with Gasteiger partial charge in [-0.05, 0) is 109 Å². The van der Waals surface area contributed by atoms with Crippen LogP contribution in [0.15, 0.2) is 122 Å². The van der Waals surface area contributed by atoms with Crippen molar-refractivity contribution in [2.45, 2.75) is 411 Å². The molecule has 0 fully saturated rings. The fourth-order valence-corrected chi connectivity index (χ4v) is 14.0. The Bertz CT molecular complexity index is 2500. The van der Waals surface area contributed by atoms with Gasteiger partial charge in [-0.25, -0.2) is 9.13 Å². The van der Waals surface area contributed by atoms with Gasteiger partial charge in [0.05, 0.1) is 26.4 Å². The van der Waals surface area contributed by atoms with E-state index in [1.165, 1.54) is 199 Å². The minimum Gasteiger partial charge on any atom is -0.463 e. The second-order valence-electron chi connectivity index (χ2n) is 30.0. The largest absolute Gasteiger partial charge is 0.472 e. The van der Waals surface area contributed by atoms with Gasteiger partial charge in [-0.3, -0.25) is 32.5 Å². The first kappa shape index (κ1) is 107.